The first-order valence-corrected chi connectivity index (χ1v) is 4.94. The summed E-state index contributed by atoms with van der Waals surface area (Å²) in [6.45, 7) is 5.40. The molecule has 0 radical (unpaired) electrons. The van der Waals surface area contributed by atoms with Gasteiger partial charge in [0.25, 0.3) is 0 Å². The molecule has 4 nitrogen and oxygen atoms in total. The largest absolute Gasteiger partial charge is 0.366 e. The summed E-state index contributed by atoms with van der Waals surface area (Å²) in [5, 5.41) is 0. The standard InChI is InChI=1S/C12H16N4/c1-10(16(3)4)15-12(9-13-2)11-5-7-14-8-6-11/h5-9H,2H2,1,3-4H3/b12-9-,15-10?. The molecule has 0 N–H and O–H groups in total. The summed E-state index contributed by atoms with van der Waals surface area (Å²) in [6, 6.07) is 3.78. The van der Waals surface area contributed by atoms with Gasteiger partial charge >= 0.3 is 0 Å². The first-order chi connectivity index (χ1) is 7.65. The van der Waals surface area contributed by atoms with Gasteiger partial charge in [0, 0.05) is 32.1 Å². The molecule has 0 unspecified atom stereocenters. The predicted molar refractivity (Wildman–Crippen MR) is 68.6 cm³/mol. The van der Waals surface area contributed by atoms with Gasteiger partial charge in [0.1, 0.15) is 5.84 Å². The van der Waals surface area contributed by atoms with Crippen molar-refractivity contribution in [1.82, 2.24) is 9.88 Å². The van der Waals surface area contributed by atoms with E-state index in [1.165, 1.54) is 0 Å². The van der Waals surface area contributed by atoms with Gasteiger partial charge in [-0.1, -0.05) is 0 Å². The van der Waals surface area contributed by atoms with Crippen molar-refractivity contribution in [2.75, 3.05) is 14.1 Å². The Morgan fingerprint density at radius 1 is 1.38 bits per heavy atom. The molecular formula is C12H16N4. The van der Waals surface area contributed by atoms with Crippen LogP contribution in [0.2, 0.25) is 0 Å². The molecule has 0 atom stereocenters. The fourth-order valence-corrected chi connectivity index (χ4v) is 1.05. The van der Waals surface area contributed by atoms with Crippen LogP contribution in [0.1, 0.15) is 12.5 Å². The lowest BCUT2D eigenvalue weighted by Crippen LogP contribution is -2.18. The van der Waals surface area contributed by atoms with Crippen LogP contribution in [0.15, 0.2) is 40.7 Å². The Kier molecular flexibility index (Phi) is 4.39. The minimum absolute atomic E-state index is 0.781. The number of rotatable bonds is 3. The zero-order valence-corrected chi connectivity index (χ0v) is 9.88. The van der Waals surface area contributed by atoms with Gasteiger partial charge in [-0.15, -0.1) is 0 Å². The van der Waals surface area contributed by atoms with E-state index in [1.807, 2.05) is 38.1 Å². The van der Waals surface area contributed by atoms with E-state index in [0.717, 1.165) is 17.1 Å². The van der Waals surface area contributed by atoms with E-state index in [2.05, 4.69) is 21.7 Å². The van der Waals surface area contributed by atoms with E-state index in [4.69, 9.17) is 0 Å². The number of hydrogen-bond acceptors (Lipinski definition) is 3. The average molecular weight is 216 g/mol. The second kappa shape index (κ2) is 5.80. The lowest BCUT2D eigenvalue weighted by molar-refractivity contribution is 0.619. The topological polar surface area (TPSA) is 40.9 Å². The predicted octanol–water partition coefficient (Wildman–Crippen LogP) is 2.06. The van der Waals surface area contributed by atoms with E-state index >= 15 is 0 Å². The van der Waals surface area contributed by atoms with Gasteiger partial charge in [-0.3, -0.25) is 9.98 Å². The van der Waals surface area contributed by atoms with Gasteiger partial charge in [0.2, 0.25) is 0 Å². The molecule has 0 saturated carbocycles. The van der Waals surface area contributed by atoms with E-state index in [-0.39, 0.29) is 0 Å². The Bertz CT molecular complexity index is 404. The van der Waals surface area contributed by atoms with Gasteiger partial charge < -0.3 is 4.90 Å². The van der Waals surface area contributed by atoms with Crippen LogP contribution in [0, 0.1) is 0 Å². The molecule has 0 spiro atoms. The van der Waals surface area contributed by atoms with Gasteiger partial charge in [-0.25, -0.2) is 4.99 Å². The van der Waals surface area contributed by atoms with Crippen molar-refractivity contribution >= 4 is 18.3 Å². The molecule has 0 aromatic carbocycles. The summed E-state index contributed by atoms with van der Waals surface area (Å²) in [7, 11) is 3.90. The third kappa shape index (κ3) is 3.31. The van der Waals surface area contributed by atoms with Crippen molar-refractivity contribution in [3.63, 3.8) is 0 Å². The third-order valence-electron chi connectivity index (χ3n) is 2.12. The van der Waals surface area contributed by atoms with Crippen LogP contribution in [0.5, 0.6) is 0 Å². The van der Waals surface area contributed by atoms with E-state index in [1.54, 1.807) is 18.6 Å². The van der Waals surface area contributed by atoms with Crippen LogP contribution < -0.4 is 0 Å². The number of aromatic nitrogens is 1. The van der Waals surface area contributed by atoms with Crippen LogP contribution in [0.25, 0.3) is 5.70 Å². The number of nitrogens with zero attached hydrogens (tertiary/aromatic N) is 4. The Hall–Kier alpha value is -1.97. The van der Waals surface area contributed by atoms with Gasteiger partial charge in [-0.2, -0.15) is 0 Å². The van der Waals surface area contributed by atoms with Crippen LogP contribution in [0.4, 0.5) is 0 Å². The number of aliphatic imine (C=N–C) groups is 2. The molecule has 84 valence electrons. The molecule has 1 aromatic rings. The van der Waals surface area contributed by atoms with Crippen molar-refractivity contribution in [3.05, 3.63) is 36.3 Å². The van der Waals surface area contributed by atoms with Crippen molar-refractivity contribution in [2.45, 2.75) is 6.92 Å². The molecule has 1 rings (SSSR count). The minimum Gasteiger partial charge on any atom is -0.366 e. The molecule has 1 aromatic heterocycles. The van der Waals surface area contributed by atoms with E-state index in [9.17, 15) is 0 Å². The minimum atomic E-state index is 0.781. The monoisotopic (exact) mass is 216 g/mol. The van der Waals surface area contributed by atoms with Gasteiger partial charge in [0.05, 0.1) is 11.9 Å². The Balaban J connectivity index is 3.08. The zero-order valence-electron chi connectivity index (χ0n) is 9.88. The molecule has 0 aliphatic rings. The third-order valence-corrected chi connectivity index (χ3v) is 2.12. The highest BCUT2D eigenvalue weighted by Crippen LogP contribution is 2.15. The fraction of sp³-hybridized carbons (Fsp3) is 0.250. The van der Waals surface area contributed by atoms with Gasteiger partial charge in [0.15, 0.2) is 0 Å². The highest BCUT2D eigenvalue weighted by Gasteiger charge is 2.01. The van der Waals surface area contributed by atoms with E-state index in [0.29, 0.717) is 0 Å². The van der Waals surface area contributed by atoms with Gasteiger partial charge in [-0.05, 0) is 25.8 Å². The smallest absolute Gasteiger partial charge is 0.101 e. The second-order valence-corrected chi connectivity index (χ2v) is 3.49. The Labute approximate surface area is 96.1 Å². The molecule has 0 aliphatic carbocycles. The SMILES string of the molecule is C=N/C=C(\N=C(C)N(C)C)c1ccncc1. The van der Waals surface area contributed by atoms with Crippen LogP contribution in [-0.2, 0) is 0 Å². The zero-order chi connectivity index (χ0) is 12.0. The molecule has 0 saturated heterocycles. The summed E-state index contributed by atoms with van der Waals surface area (Å²) in [5.41, 5.74) is 1.76. The van der Waals surface area contributed by atoms with Crippen molar-refractivity contribution in [3.8, 4) is 0 Å². The fourth-order valence-electron chi connectivity index (χ4n) is 1.05. The summed E-state index contributed by atoms with van der Waals surface area (Å²) < 4.78 is 0. The van der Waals surface area contributed by atoms with Crippen molar-refractivity contribution < 1.29 is 0 Å². The molecule has 0 bridgehead atoms. The maximum absolute atomic E-state index is 4.48. The summed E-state index contributed by atoms with van der Waals surface area (Å²) in [5.74, 6) is 0.909. The molecule has 0 aliphatic heterocycles. The van der Waals surface area contributed by atoms with Crippen molar-refractivity contribution in [1.29, 1.82) is 0 Å². The first-order valence-electron chi connectivity index (χ1n) is 4.94. The molecule has 0 fully saturated rings. The number of pyridine rings is 1. The molecule has 0 amide bonds. The quantitative estimate of drug-likeness (QED) is 0.573. The lowest BCUT2D eigenvalue weighted by atomic mass is 10.2. The lowest BCUT2D eigenvalue weighted by Gasteiger charge is -2.12. The summed E-state index contributed by atoms with van der Waals surface area (Å²) >= 11 is 0. The second-order valence-electron chi connectivity index (χ2n) is 3.49. The molecule has 4 heteroatoms. The molecule has 1 heterocycles. The van der Waals surface area contributed by atoms with Crippen LogP contribution in [-0.4, -0.2) is 36.5 Å². The molecule has 16 heavy (non-hydrogen) atoms. The highest BCUT2D eigenvalue weighted by molar-refractivity contribution is 5.85. The maximum Gasteiger partial charge on any atom is 0.101 e. The Morgan fingerprint density at radius 2 is 2.00 bits per heavy atom. The highest BCUT2D eigenvalue weighted by atomic mass is 15.1. The summed E-state index contributed by atoms with van der Waals surface area (Å²) in [4.78, 5) is 14.2. The number of hydrogen-bond donors (Lipinski definition) is 0. The molecular weight excluding hydrogens is 200 g/mol. The Morgan fingerprint density at radius 3 is 2.50 bits per heavy atom. The maximum atomic E-state index is 4.48. The first kappa shape index (κ1) is 12.1. The van der Waals surface area contributed by atoms with Crippen LogP contribution in [0.3, 0.4) is 0 Å². The summed E-state index contributed by atoms with van der Waals surface area (Å²) in [6.07, 6.45) is 5.10. The number of amidine groups is 1. The van der Waals surface area contributed by atoms with Crippen LogP contribution >= 0.6 is 0 Å². The van der Waals surface area contributed by atoms with Crippen molar-refractivity contribution in [2.24, 2.45) is 9.98 Å². The average Bonchev–Trinajstić information content (AvgIpc) is 2.29. The van der Waals surface area contributed by atoms with E-state index < -0.39 is 0 Å². The normalized spacial score (nSPS) is 12.4.